The van der Waals surface area contributed by atoms with Gasteiger partial charge in [0.15, 0.2) is 0 Å². The minimum atomic E-state index is 0.412. The first-order valence-corrected chi connectivity index (χ1v) is 6.46. The molecule has 2 N–H and O–H groups in total. The van der Waals surface area contributed by atoms with Crippen LogP contribution in [0.15, 0.2) is 24.3 Å². The van der Waals surface area contributed by atoms with Gasteiger partial charge in [0.05, 0.1) is 6.10 Å². The zero-order valence-electron chi connectivity index (χ0n) is 10.6. The number of hydrogen-bond acceptors (Lipinski definition) is 3. The van der Waals surface area contributed by atoms with Crippen molar-refractivity contribution >= 4 is 5.69 Å². The van der Waals surface area contributed by atoms with E-state index in [0.29, 0.717) is 6.10 Å². The highest BCUT2D eigenvalue weighted by Crippen LogP contribution is 2.17. The second kappa shape index (κ2) is 6.03. The summed E-state index contributed by atoms with van der Waals surface area (Å²) >= 11 is 0. The van der Waals surface area contributed by atoms with E-state index >= 15 is 0 Å². The van der Waals surface area contributed by atoms with Gasteiger partial charge in [-0.2, -0.15) is 0 Å². The highest BCUT2D eigenvalue weighted by atomic mass is 16.5. The molecule has 1 fully saturated rings. The smallest absolute Gasteiger partial charge is 0.0702 e. The van der Waals surface area contributed by atoms with Crippen LogP contribution in [0.1, 0.15) is 25.3 Å². The summed E-state index contributed by atoms with van der Waals surface area (Å²) in [4.78, 5) is 2.46. The van der Waals surface area contributed by atoms with Gasteiger partial charge >= 0.3 is 0 Å². The van der Waals surface area contributed by atoms with E-state index in [1.807, 2.05) is 12.1 Å². The fraction of sp³-hybridized carbons (Fsp3) is 0.571. The Morgan fingerprint density at radius 2 is 2.35 bits per heavy atom. The quantitative estimate of drug-likeness (QED) is 0.812. The predicted molar refractivity (Wildman–Crippen MR) is 70.8 cm³/mol. The monoisotopic (exact) mass is 234 g/mol. The highest BCUT2D eigenvalue weighted by Gasteiger charge is 2.19. The van der Waals surface area contributed by atoms with Crippen LogP contribution in [0.4, 0.5) is 5.69 Å². The standard InChI is InChI=1S/C14H22N2O/c1-2-17-14-7-4-8-16(11-14)10-12-5-3-6-13(15)9-12/h3,5-6,9,14H,2,4,7-8,10-11,15H2,1H3. The third-order valence-electron chi connectivity index (χ3n) is 3.22. The van der Waals surface area contributed by atoms with Crippen LogP contribution < -0.4 is 5.73 Å². The molecule has 0 bridgehead atoms. The van der Waals surface area contributed by atoms with Gasteiger partial charge in [-0.25, -0.2) is 0 Å². The molecule has 1 atom stereocenters. The SMILES string of the molecule is CCOC1CCCN(Cc2cccc(N)c2)C1. The molecule has 0 spiro atoms. The van der Waals surface area contributed by atoms with Crippen molar-refractivity contribution in [2.75, 3.05) is 25.4 Å². The molecule has 1 heterocycles. The molecule has 1 aliphatic rings. The first kappa shape index (κ1) is 12.4. The number of anilines is 1. The Morgan fingerprint density at radius 1 is 1.47 bits per heavy atom. The molecule has 1 aliphatic heterocycles. The Kier molecular flexibility index (Phi) is 4.40. The topological polar surface area (TPSA) is 38.5 Å². The maximum absolute atomic E-state index is 5.80. The Morgan fingerprint density at radius 3 is 3.12 bits per heavy atom. The van der Waals surface area contributed by atoms with Crippen molar-refractivity contribution in [3.8, 4) is 0 Å². The van der Waals surface area contributed by atoms with Gasteiger partial charge in [0.1, 0.15) is 0 Å². The molecule has 0 radical (unpaired) electrons. The predicted octanol–water partition coefficient (Wildman–Crippen LogP) is 2.27. The molecule has 1 aromatic carbocycles. The van der Waals surface area contributed by atoms with Crippen LogP contribution in [0.5, 0.6) is 0 Å². The van der Waals surface area contributed by atoms with Crippen LogP contribution in [0.3, 0.4) is 0 Å². The van der Waals surface area contributed by atoms with E-state index in [9.17, 15) is 0 Å². The van der Waals surface area contributed by atoms with Gasteiger partial charge in [0, 0.05) is 25.4 Å². The van der Waals surface area contributed by atoms with Crippen molar-refractivity contribution < 1.29 is 4.74 Å². The molecule has 1 unspecified atom stereocenters. The minimum absolute atomic E-state index is 0.412. The fourth-order valence-electron chi connectivity index (χ4n) is 2.48. The third kappa shape index (κ3) is 3.72. The average molecular weight is 234 g/mol. The first-order valence-electron chi connectivity index (χ1n) is 6.46. The highest BCUT2D eigenvalue weighted by molar-refractivity contribution is 5.40. The second-order valence-corrected chi connectivity index (χ2v) is 4.70. The molecular formula is C14H22N2O. The Balaban J connectivity index is 1.90. The molecular weight excluding hydrogens is 212 g/mol. The molecule has 2 rings (SSSR count). The van der Waals surface area contributed by atoms with Crippen molar-refractivity contribution in [2.45, 2.75) is 32.4 Å². The lowest BCUT2D eigenvalue weighted by atomic mass is 10.1. The maximum Gasteiger partial charge on any atom is 0.0702 e. The number of rotatable bonds is 4. The van der Waals surface area contributed by atoms with Crippen LogP contribution >= 0.6 is 0 Å². The molecule has 1 aromatic rings. The summed E-state index contributed by atoms with van der Waals surface area (Å²) in [7, 11) is 0. The van der Waals surface area contributed by atoms with E-state index in [2.05, 4.69) is 24.0 Å². The molecule has 3 heteroatoms. The summed E-state index contributed by atoms with van der Waals surface area (Å²) in [6, 6.07) is 8.16. The number of likely N-dealkylation sites (tertiary alicyclic amines) is 1. The van der Waals surface area contributed by atoms with Crippen molar-refractivity contribution in [1.29, 1.82) is 0 Å². The first-order chi connectivity index (χ1) is 8.28. The largest absolute Gasteiger partial charge is 0.399 e. The molecule has 17 heavy (non-hydrogen) atoms. The van der Waals surface area contributed by atoms with Gasteiger partial charge in [0.25, 0.3) is 0 Å². The van der Waals surface area contributed by atoms with E-state index < -0.39 is 0 Å². The van der Waals surface area contributed by atoms with Crippen molar-refractivity contribution in [2.24, 2.45) is 0 Å². The van der Waals surface area contributed by atoms with E-state index in [0.717, 1.165) is 25.4 Å². The third-order valence-corrected chi connectivity index (χ3v) is 3.22. The molecule has 1 saturated heterocycles. The molecule has 3 nitrogen and oxygen atoms in total. The summed E-state index contributed by atoms with van der Waals surface area (Å²) in [6.45, 7) is 6.07. The Bertz CT molecular complexity index is 352. The summed E-state index contributed by atoms with van der Waals surface area (Å²) in [5.41, 5.74) is 7.94. The lowest BCUT2D eigenvalue weighted by molar-refractivity contribution is 0.00364. The number of benzene rings is 1. The van der Waals surface area contributed by atoms with Gasteiger partial charge in [-0.15, -0.1) is 0 Å². The van der Waals surface area contributed by atoms with Gasteiger partial charge in [-0.1, -0.05) is 12.1 Å². The van der Waals surface area contributed by atoms with E-state index in [1.54, 1.807) is 0 Å². The molecule has 0 aliphatic carbocycles. The Labute approximate surface area is 104 Å². The maximum atomic E-state index is 5.80. The van der Waals surface area contributed by atoms with Gasteiger partial charge in [-0.05, 0) is 44.0 Å². The van der Waals surface area contributed by atoms with Crippen molar-refractivity contribution in [3.63, 3.8) is 0 Å². The normalized spacial score (nSPS) is 21.6. The summed E-state index contributed by atoms with van der Waals surface area (Å²) in [5.74, 6) is 0. The fourth-order valence-corrected chi connectivity index (χ4v) is 2.48. The van der Waals surface area contributed by atoms with E-state index in [1.165, 1.54) is 24.9 Å². The van der Waals surface area contributed by atoms with Crippen LogP contribution in [0, 0.1) is 0 Å². The van der Waals surface area contributed by atoms with Crippen LogP contribution in [0.2, 0.25) is 0 Å². The Hall–Kier alpha value is -1.06. The van der Waals surface area contributed by atoms with Gasteiger partial charge in [-0.3, -0.25) is 4.90 Å². The van der Waals surface area contributed by atoms with E-state index in [-0.39, 0.29) is 0 Å². The number of hydrogen-bond donors (Lipinski definition) is 1. The number of nitrogens with zero attached hydrogens (tertiary/aromatic N) is 1. The zero-order valence-corrected chi connectivity index (χ0v) is 10.6. The van der Waals surface area contributed by atoms with Gasteiger partial charge < -0.3 is 10.5 Å². The molecule has 0 amide bonds. The summed E-state index contributed by atoms with van der Waals surface area (Å²) in [6.07, 6.45) is 2.84. The molecule has 0 aromatic heterocycles. The zero-order chi connectivity index (χ0) is 12.1. The van der Waals surface area contributed by atoms with E-state index in [4.69, 9.17) is 10.5 Å². The van der Waals surface area contributed by atoms with Gasteiger partial charge in [0.2, 0.25) is 0 Å². The summed E-state index contributed by atoms with van der Waals surface area (Å²) < 4.78 is 5.71. The minimum Gasteiger partial charge on any atom is -0.399 e. The molecule has 0 saturated carbocycles. The van der Waals surface area contributed by atoms with Crippen molar-refractivity contribution in [1.82, 2.24) is 4.90 Å². The lowest BCUT2D eigenvalue weighted by Crippen LogP contribution is -2.39. The van der Waals surface area contributed by atoms with Crippen LogP contribution in [-0.4, -0.2) is 30.7 Å². The lowest BCUT2D eigenvalue weighted by Gasteiger charge is -2.32. The van der Waals surface area contributed by atoms with Crippen molar-refractivity contribution in [3.05, 3.63) is 29.8 Å². The molecule has 94 valence electrons. The van der Waals surface area contributed by atoms with Crippen LogP contribution in [0.25, 0.3) is 0 Å². The number of nitrogen functional groups attached to an aromatic ring is 1. The number of nitrogens with two attached hydrogens (primary N) is 1. The second-order valence-electron chi connectivity index (χ2n) is 4.70. The number of piperidine rings is 1. The van der Waals surface area contributed by atoms with Crippen LogP contribution in [-0.2, 0) is 11.3 Å². The summed E-state index contributed by atoms with van der Waals surface area (Å²) in [5, 5.41) is 0. The average Bonchev–Trinajstić information content (AvgIpc) is 2.30. The number of ether oxygens (including phenoxy) is 1.